The van der Waals surface area contributed by atoms with E-state index >= 15 is 0 Å². The van der Waals surface area contributed by atoms with Gasteiger partial charge in [0.05, 0.1) is 4.92 Å². The lowest BCUT2D eigenvalue weighted by Gasteiger charge is -2.18. The van der Waals surface area contributed by atoms with Crippen LogP contribution in [0.5, 0.6) is 0 Å². The molecule has 0 spiro atoms. The third kappa shape index (κ3) is 3.13. The minimum atomic E-state index is -0.797. The second-order valence-electron chi connectivity index (χ2n) is 6.31. The number of anilines is 1. The van der Waals surface area contributed by atoms with E-state index in [9.17, 15) is 24.5 Å². The first-order valence-electron chi connectivity index (χ1n) is 8.45. The highest BCUT2D eigenvalue weighted by molar-refractivity contribution is 9.10. The van der Waals surface area contributed by atoms with Gasteiger partial charge in [-0.15, -0.1) is 0 Å². The molecular formula is C21H11BrN2O5. The smallest absolute Gasteiger partial charge is 0.294 e. The summed E-state index contributed by atoms with van der Waals surface area (Å²) in [6.45, 7) is 0. The van der Waals surface area contributed by atoms with Gasteiger partial charge in [0.15, 0.2) is 5.78 Å². The van der Waals surface area contributed by atoms with Crippen molar-refractivity contribution in [2.24, 2.45) is 0 Å². The van der Waals surface area contributed by atoms with Crippen LogP contribution in [-0.2, 0) is 0 Å². The van der Waals surface area contributed by atoms with Gasteiger partial charge in [0.1, 0.15) is 11.1 Å². The molecule has 142 valence electrons. The lowest BCUT2D eigenvalue weighted by Crippen LogP contribution is -2.24. The van der Waals surface area contributed by atoms with Gasteiger partial charge in [0, 0.05) is 26.9 Å². The largest absolute Gasteiger partial charge is 0.322 e. The summed E-state index contributed by atoms with van der Waals surface area (Å²) in [5, 5.41) is 14.4. The maximum Gasteiger partial charge on any atom is 0.294 e. The Morgan fingerprint density at radius 3 is 2.10 bits per heavy atom. The van der Waals surface area contributed by atoms with Gasteiger partial charge < -0.3 is 5.32 Å². The van der Waals surface area contributed by atoms with Crippen molar-refractivity contribution in [3.8, 4) is 0 Å². The highest BCUT2D eigenvalue weighted by Gasteiger charge is 2.38. The zero-order valence-corrected chi connectivity index (χ0v) is 16.2. The van der Waals surface area contributed by atoms with Crippen molar-refractivity contribution in [3.05, 3.63) is 103 Å². The zero-order valence-electron chi connectivity index (χ0n) is 14.6. The summed E-state index contributed by atoms with van der Waals surface area (Å²) in [5.74, 6) is -1.89. The highest BCUT2D eigenvalue weighted by Crippen LogP contribution is 2.35. The van der Waals surface area contributed by atoms with Gasteiger partial charge in [-0.25, -0.2) is 0 Å². The van der Waals surface area contributed by atoms with Gasteiger partial charge >= 0.3 is 0 Å². The molecule has 0 aliphatic heterocycles. The summed E-state index contributed by atoms with van der Waals surface area (Å²) in [6, 6.07) is 15.3. The van der Waals surface area contributed by atoms with E-state index in [2.05, 4.69) is 21.2 Å². The first kappa shape index (κ1) is 18.7. The van der Waals surface area contributed by atoms with E-state index in [1.807, 2.05) is 0 Å². The Balaban J connectivity index is 1.84. The Bertz CT molecular complexity index is 1220. The van der Waals surface area contributed by atoms with Crippen molar-refractivity contribution in [1.82, 2.24) is 0 Å². The standard InChI is InChI=1S/C21H11BrN2O5/c22-11-5-7-12(8-6-11)23-21(27)16-10-9-15-17(18(16)24(28)29)20(26)14-4-2-1-3-13(14)19(15)25/h1-10H,(H,23,27). The van der Waals surface area contributed by atoms with Crippen molar-refractivity contribution in [2.75, 3.05) is 5.32 Å². The fourth-order valence-corrected chi connectivity index (χ4v) is 3.54. The molecule has 0 fully saturated rings. The molecule has 0 radical (unpaired) electrons. The van der Waals surface area contributed by atoms with E-state index < -0.39 is 28.1 Å². The second-order valence-corrected chi connectivity index (χ2v) is 7.22. The predicted octanol–water partition coefficient (Wildman–Crippen LogP) is 4.39. The summed E-state index contributed by atoms with van der Waals surface area (Å²) in [4.78, 5) is 49.4. The third-order valence-corrected chi connectivity index (χ3v) is 5.12. The van der Waals surface area contributed by atoms with Crippen molar-refractivity contribution in [2.45, 2.75) is 0 Å². The molecule has 0 saturated heterocycles. The molecule has 0 heterocycles. The molecule has 1 aliphatic rings. The van der Waals surface area contributed by atoms with E-state index in [1.165, 1.54) is 24.3 Å². The molecule has 4 rings (SSSR count). The highest BCUT2D eigenvalue weighted by atomic mass is 79.9. The first-order chi connectivity index (χ1) is 13.9. The third-order valence-electron chi connectivity index (χ3n) is 4.60. The van der Waals surface area contributed by atoms with Crippen molar-refractivity contribution >= 4 is 44.8 Å². The van der Waals surface area contributed by atoms with Crippen LogP contribution in [0.25, 0.3) is 0 Å². The lowest BCUT2D eigenvalue weighted by molar-refractivity contribution is -0.385. The minimum Gasteiger partial charge on any atom is -0.322 e. The molecule has 3 aromatic carbocycles. The van der Waals surface area contributed by atoms with Crippen LogP contribution in [-0.4, -0.2) is 22.4 Å². The molecule has 0 saturated carbocycles. The molecule has 0 atom stereocenters. The Labute approximate surface area is 172 Å². The number of halogens is 1. The first-order valence-corrected chi connectivity index (χ1v) is 9.24. The molecule has 8 heteroatoms. The van der Waals surface area contributed by atoms with Gasteiger partial charge in [-0.1, -0.05) is 40.2 Å². The fraction of sp³-hybridized carbons (Fsp3) is 0. The SMILES string of the molecule is O=C1c2ccccc2C(=O)c2c1ccc(C(=O)Nc1ccc(Br)cc1)c2[N+](=O)[O-]. The van der Waals surface area contributed by atoms with Crippen molar-refractivity contribution in [3.63, 3.8) is 0 Å². The van der Waals surface area contributed by atoms with Crippen molar-refractivity contribution < 1.29 is 19.3 Å². The Morgan fingerprint density at radius 2 is 1.48 bits per heavy atom. The number of hydrogen-bond acceptors (Lipinski definition) is 5. The molecule has 0 aromatic heterocycles. The molecule has 1 N–H and O–H groups in total. The molecular weight excluding hydrogens is 440 g/mol. The van der Waals surface area contributed by atoms with E-state index in [1.54, 1.807) is 36.4 Å². The van der Waals surface area contributed by atoms with Crippen LogP contribution in [0, 0.1) is 10.1 Å². The zero-order chi connectivity index (χ0) is 20.7. The molecule has 29 heavy (non-hydrogen) atoms. The Kier molecular flexibility index (Phi) is 4.56. The van der Waals surface area contributed by atoms with Crippen LogP contribution in [0.15, 0.2) is 65.1 Å². The van der Waals surface area contributed by atoms with Gasteiger partial charge in [0.25, 0.3) is 11.6 Å². The van der Waals surface area contributed by atoms with Crippen LogP contribution in [0.2, 0.25) is 0 Å². The number of hydrogen-bond donors (Lipinski definition) is 1. The number of ketones is 2. The summed E-state index contributed by atoms with van der Waals surface area (Å²) in [5.41, 5.74) is -0.715. The number of benzene rings is 3. The van der Waals surface area contributed by atoms with E-state index in [0.717, 1.165) is 4.47 Å². The topological polar surface area (TPSA) is 106 Å². The number of amides is 1. The van der Waals surface area contributed by atoms with Crippen molar-refractivity contribution in [1.29, 1.82) is 0 Å². The van der Waals surface area contributed by atoms with Gasteiger partial charge in [-0.2, -0.15) is 0 Å². The fourth-order valence-electron chi connectivity index (χ4n) is 3.27. The van der Waals surface area contributed by atoms with E-state index in [0.29, 0.717) is 5.69 Å². The summed E-state index contributed by atoms with van der Waals surface area (Å²) >= 11 is 3.28. The molecule has 0 bridgehead atoms. The van der Waals surface area contributed by atoms with Crippen LogP contribution in [0.4, 0.5) is 11.4 Å². The monoisotopic (exact) mass is 450 g/mol. The summed E-state index contributed by atoms with van der Waals surface area (Å²) in [7, 11) is 0. The lowest BCUT2D eigenvalue weighted by atomic mass is 9.82. The second kappa shape index (κ2) is 7.06. The molecule has 1 aliphatic carbocycles. The van der Waals surface area contributed by atoms with Gasteiger partial charge in [-0.05, 0) is 36.4 Å². The van der Waals surface area contributed by atoms with Gasteiger partial charge in [0.2, 0.25) is 5.78 Å². The number of carbonyl (C=O) groups is 3. The molecule has 1 amide bonds. The average Bonchev–Trinajstić information content (AvgIpc) is 2.72. The number of nitro benzene ring substituents is 1. The number of nitrogens with zero attached hydrogens (tertiary/aromatic N) is 1. The quantitative estimate of drug-likeness (QED) is 0.368. The number of nitro groups is 1. The maximum absolute atomic E-state index is 13.0. The van der Waals surface area contributed by atoms with Crippen LogP contribution in [0.1, 0.15) is 42.2 Å². The minimum absolute atomic E-state index is 0.0820. The molecule has 7 nitrogen and oxygen atoms in total. The molecule has 0 unspecified atom stereocenters. The normalized spacial score (nSPS) is 12.2. The number of carbonyl (C=O) groups excluding carboxylic acids is 3. The van der Waals surface area contributed by atoms with Crippen LogP contribution in [0.3, 0.4) is 0 Å². The number of nitrogens with one attached hydrogen (secondary N) is 1. The van der Waals surface area contributed by atoms with Gasteiger partial charge in [-0.3, -0.25) is 24.5 Å². The summed E-state index contributed by atoms with van der Waals surface area (Å²) < 4.78 is 0.804. The average molecular weight is 451 g/mol. The van der Waals surface area contributed by atoms with E-state index in [-0.39, 0.29) is 27.8 Å². The predicted molar refractivity (Wildman–Crippen MR) is 108 cm³/mol. The van der Waals surface area contributed by atoms with Crippen LogP contribution < -0.4 is 5.32 Å². The Hall–Kier alpha value is -3.65. The number of rotatable bonds is 3. The number of fused-ring (bicyclic) bond motifs is 2. The summed E-state index contributed by atoms with van der Waals surface area (Å²) in [6.07, 6.45) is 0. The Morgan fingerprint density at radius 1 is 0.862 bits per heavy atom. The maximum atomic E-state index is 13.0. The van der Waals surface area contributed by atoms with E-state index in [4.69, 9.17) is 0 Å². The molecule has 3 aromatic rings. The van der Waals surface area contributed by atoms with Crippen LogP contribution >= 0.6 is 15.9 Å².